The van der Waals surface area contributed by atoms with Crippen LogP contribution in [0.5, 0.6) is 11.5 Å². The van der Waals surface area contributed by atoms with Crippen LogP contribution in [0.15, 0.2) is 46.9 Å². The minimum absolute atomic E-state index is 0.0796. The molecule has 0 spiro atoms. The summed E-state index contributed by atoms with van der Waals surface area (Å²) in [7, 11) is -2.71. The minimum atomic E-state index is -2.71. The Kier molecular flexibility index (Phi) is 6.38. The zero-order valence-corrected chi connectivity index (χ0v) is 17.3. The fraction of sp³-hybridized carbons (Fsp3) is 0.211. The van der Waals surface area contributed by atoms with E-state index in [1.165, 1.54) is 6.92 Å². The van der Waals surface area contributed by atoms with Crippen LogP contribution in [0, 0.1) is 0 Å². The van der Waals surface area contributed by atoms with Crippen molar-refractivity contribution in [2.24, 2.45) is 0 Å². The van der Waals surface area contributed by atoms with Crippen molar-refractivity contribution in [3.8, 4) is 22.8 Å². The number of thiol groups is 1. The van der Waals surface area contributed by atoms with E-state index in [1.54, 1.807) is 6.07 Å². The molecule has 1 aromatic heterocycles. The molecule has 0 saturated carbocycles. The maximum Gasteiger partial charge on any atom is 0.308 e. The molecule has 3 aromatic rings. The second kappa shape index (κ2) is 8.76. The van der Waals surface area contributed by atoms with Crippen LogP contribution < -0.4 is 9.46 Å². The number of nitrogens with one attached hydrogen (secondary N) is 1. The average molecular weight is 468 g/mol. The van der Waals surface area contributed by atoms with Gasteiger partial charge in [0.25, 0.3) is 0 Å². The van der Waals surface area contributed by atoms with Crippen LogP contribution in [0.4, 0.5) is 0 Å². The van der Waals surface area contributed by atoms with Gasteiger partial charge in [-0.2, -0.15) is 0 Å². The first-order chi connectivity index (χ1) is 13.4. The third kappa shape index (κ3) is 4.54. The van der Waals surface area contributed by atoms with E-state index < -0.39 is 21.7 Å². The Hall–Kier alpha value is -2.36. The van der Waals surface area contributed by atoms with E-state index in [4.69, 9.17) is 9.15 Å². The van der Waals surface area contributed by atoms with Gasteiger partial charge in [0.2, 0.25) is 22.4 Å². The highest BCUT2D eigenvalue weighted by Gasteiger charge is 2.28. The van der Waals surface area contributed by atoms with Gasteiger partial charge in [-0.25, -0.2) is 13.1 Å². The largest absolute Gasteiger partial charge is 0.502 e. The van der Waals surface area contributed by atoms with Gasteiger partial charge in [-0.1, -0.05) is 52.3 Å². The quantitative estimate of drug-likeness (QED) is 0.278. The molecule has 0 aliphatic carbocycles. The molecule has 9 heteroatoms. The van der Waals surface area contributed by atoms with Crippen molar-refractivity contribution in [2.45, 2.75) is 18.2 Å². The molecule has 28 heavy (non-hydrogen) atoms. The van der Waals surface area contributed by atoms with E-state index in [9.17, 15) is 18.3 Å². The topological polar surface area (TPSA) is 106 Å². The first-order valence-electron chi connectivity index (χ1n) is 8.42. The number of furan rings is 1. The van der Waals surface area contributed by atoms with E-state index in [-0.39, 0.29) is 29.6 Å². The molecule has 1 heterocycles. The summed E-state index contributed by atoms with van der Waals surface area (Å²) in [6, 6.07) is 13.3. The lowest BCUT2D eigenvalue weighted by Crippen LogP contribution is -2.14. The Labute approximate surface area is 171 Å². The van der Waals surface area contributed by atoms with E-state index in [0.717, 1.165) is 10.8 Å². The molecule has 0 aliphatic rings. The first-order valence-corrected chi connectivity index (χ1v) is 10.5. The lowest BCUT2D eigenvalue weighted by molar-refractivity contribution is -0.132. The molecule has 1 atom stereocenters. The van der Waals surface area contributed by atoms with E-state index in [0.29, 0.717) is 12.0 Å². The summed E-state index contributed by atoms with van der Waals surface area (Å²) < 4.78 is 34.6. The fourth-order valence-electron chi connectivity index (χ4n) is 2.81. The first kappa shape index (κ1) is 20.4. The number of aromatic hydroxyl groups is 1. The highest BCUT2D eigenvalue weighted by atomic mass is 79.9. The number of hydrogen-bond acceptors (Lipinski definition) is 6. The van der Waals surface area contributed by atoms with Crippen molar-refractivity contribution in [1.82, 2.24) is 4.72 Å². The standard InChI is InChI=1S/C19H18BrNO6S/c1-11(22)26-19-16(23)17(27-18(19)15(20)8-9-21-28(24)25)14-7-6-12-4-2-3-5-13(12)10-14/h2-7,10,15,23,28H,8-9H2,1H3,(H,21,24,25). The van der Waals surface area contributed by atoms with Crippen molar-refractivity contribution in [2.75, 3.05) is 6.54 Å². The van der Waals surface area contributed by atoms with Gasteiger partial charge in [-0.05, 0) is 23.3 Å². The van der Waals surface area contributed by atoms with Crippen molar-refractivity contribution in [3.05, 3.63) is 48.2 Å². The Morgan fingerprint density at radius 2 is 1.96 bits per heavy atom. The molecule has 0 aliphatic heterocycles. The predicted octanol–water partition coefficient (Wildman–Crippen LogP) is 3.67. The Bertz CT molecular complexity index is 1080. The van der Waals surface area contributed by atoms with Gasteiger partial charge in [0.05, 0.1) is 4.83 Å². The third-order valence-electron chi connectivity index (χ3n) is 4.05. The third-order valence-corrected chi connectivity index (χ3v) is 5.40. The van der Waals surface area contributed by atoms with Crippen molar-refractivity contribution < 1.29 is 27.5 Å². The molecule has 148 valence electrons. The van der Waals surface area contributed by atoms with Crippen LogP contribution in [0.2, 0.25) is 0 Å². The molecular formula is C19H18BrNO6S. The Balaban J connectivity index is 2.01. The number of rotatable bonds is 7. The smallest absolute Gasteiger partial charge is 0.308 e. The number of esters is 1. The SMILES string of the molecule is CC(=O)Oc1c(C(Br)CCN[SH](=O)=O)oc(-c2ccc3ccccc3c2)c1O. The molecule has 2 N–H and O–H groups in total. The number of halogens is 1. The molecule has 1 unspecified atom stereocenters. The van der Waals surface area contributed by atoms with Crippen LogP contribution in [-0.4, -0.2) is 26.0 Å². The maximum absolute atomic E-state index is 11.5. The molecule has 7 nitrogen and oxygen atoms in total. The molecule has 0 bridgehead atoms. The molecular weight excluding hydrogens is 450 g/mol. The minimum Gasteiger partial charge on any atom is -0.502 e. The number of alkyl halides is 1. The Morgan fingerprint density at radius 3 is 2.64 bits per heavy atom. The van der Waals surface area contributed by atoms with Crippen molar-refractivity contribution >= 4 is 43.6 Å². The second-order valence-corrected chi connectivity index (χ2v) is 7.99. The van der Waals surface area contributed by atoms with Crippen LogP contribution in [-0.2, 0) is 15.7 Å². The number of carbonyl (C=O) groups excluding carboxylic acids is 1. The summed E-state index contributed by atoms with van der Waals surface area (Å²) in [5.41, 5.74) is 0.622. The number of hydrogen-bond donors (Lipinski definition) is 3. The zero-order valence-electron chi connectivity index (χ0n) is 14.8. The summed E-state index contributed by atoms with van der Waals surface area (Å²) in [4.78, 5) is 11.0. The molecule has 0 radical (unpaired) electrons. The van der Waals surface area contributed by atoms with Gasteiger partial charge >= 0.3 is 5.97 Å². The van der Waals surface area contributed by atoms with E-state index in [2.05, 4.69) is 20.7 Å². The number of carbonyl (C=O) groups is 1. The van der Waals surface area contributed by atoms with Crippen molar-refractivity contribution in [1.29, 1.82) is 0 Å². The van der Waals surface area contributed by atoms with Gasteiger partial charge in [-0.15, -0.1) is 0 Å². The van der Waals surface area contributed by atoms with Crippen LogP contribution in [0.25, 0.3) is 22.1 Å². The Morgan fingerprint density at radius 1 is 1.25 bits per heavy atom. The van der Waals surface area contributed by atoms with E-state index in [1.807, 2.05) is 36.4 Å². The second-order valence-electron chi connectivity index (χ2n) is 6.05. The average Bonchev–Trinajstić information content (AvgIpc) is 2.97. The van der Waals surface area contributed by atoms with Crippen LogP contribution in [0.1, 0.15) is 23.9 Å². The van der Waals surface area contributed by atoms with Gasteiger partial charge in [0.15, 0.2) is 11.5 Å². The highest BCUT2D eigenvalue weighted by Crippen LogP contribution is 2.48. The van der Waals surface area contributed by atoms with Gasteiger partial charge in [0.1, 0.15) is 0 Å². The lowest BCUT2D eigenvalue weighted by Gasteiger charge is -2.08. The van der Waals surface area contributed by atoms with Crippen LogP contribution in [0.3, 0.4) is 0 Å². The predicted molar refractivity (Wildman–Crippen MR) is 109 cm³/mol. The zero-order chi connectivity index (χ0) is 20.3. The highest BCUT2D eigenvalue weighted by molar-refractivity contribution is 9.09. The monoisotopic (exact) mass is 467 g/mol. The fourth-order valence-corrected chi connectivity index (χ4v) is 3.65. The number of ether oxygens (including phenoxy) is 1. The summed E-state index contributed by atoms with van der Waals surface area (Å²) in [5, 5.41) is 12.6. The van der Waals surface area contributed by atoms with Gasteiger partial charge in [-0.3, -0.25) is 4.79 Å². The molecule has 0 fully saturated rings. The molecule has 2 aromatic carbocycles. The number of benzene rings is 2. The normalized spacial score (nSPS) is 12.4. The summed E-state index contributed by atoms with van der Waals surface area (Å²) in [6.07, 6.45) is 0.321. The van der Waals surface area contributed by atoms with E-state index >= 15 is 0 Å². The molecule has 0 saturated heterocycles. The lowest BCUT2D eigenvalue weighted by atomic mass is 10.1. The van der Waals surface area contributed by atoms with Gasteiger partial charge < -0.3 is 14.3 Å². The molecule has 3 rings (SSSR count). The van der Waals surface area contributed by atoms with Crippen LogP contribution >= 0.6 is 15.9 Å². The maximum atomic E-state index is 11.5. The molecule has 0 amide bonds. The van der Waals surface area contributed by atoms with Gasteiger partial charge in [0, 0.05) is 19.0 Å². The van der Waals surface area contributed by atoms with Crippen molar-refractivity contribution in [3.63, 3.8) is 0 Å². The summed E-state index contributed by atoms with van der Waals surface area (Å²) >= 11 is 3.40. The summed E-state index contributed by atoms with van der Waals surface area (Å²) in [5.74, 6) is -0.595. The summed E-state index contributed by atoms with van der Waals surface area (Å²) in [6.45, 7) is 1.37. The number of fused-ring (bicyclic) bond motifs is 1.